The summed E-state index contributed by atoms with van der Waals surface area (Å²) in [5, 5.41) is 0.369. The molecule has 2 N–H and O–H groups in total. The molecule has 2 nitrogen and oxygen atoms in total. The van der Waals surface area contributed by atoms with Gasteiger partial charge in [0.2, 0.25) is 0 Å². The van der Waals surface area contributed by atoms with E-state index in [1.54, 1.807) is 12.1 Å². The van der Waals surface area contributed by atoms with E-state index in [2.05, 4.69) is 0 Å². The van der Waals surface area contributed by atoms with Gasteiger partial charge >= 0.3 is 0 Å². The standard InChI is InChI=1S/C9H11ClFNO/c1-13-9(5-12)7-3-2-6(10)4-8(7)11/h2-4,9H,5,12H2,1H3. The highest BCUT2D eigenvalue weighted by Crippen LogP contribution is 2.21. The molecule has 72 valence electrons. The van der Waals surface area contributed by atoms with Gasteiger partial charge in [-0.25, -0.2) is 4.39 Å². The fourth-order valence-electron chi connectivity index (χ4n) is 1.11. The number of ether oxygens (including phenoxy) is 1. The first kappa shape index (κ1) is 10.4. The molecular weight excluding hydrogens is 193 g/mol. The van der Waals surface area contributed by atoms with E-state index in [0.29, 0.717) is 10.6 Å². The molecule has 0 fully saturated rings. The lowest BCUT2D eigenvalue weighted by atomic mass is 10.1. The largest absolute Gasteiger partial charge is 0.375 e. The zero-order valence-electron chi connectivity index (χ0n) is 7.26. The van der Waals surface area contributed by atoms with E-state index in [4.69, 9.17) is 22.1 Å². The molecule has 1 unspecified atom stereocenters. The van der Waals surface area contributed by atoms with Gasteiger partial charge in [-0.2, -0.15) is 0 Å². The minimum Gasteiger partial charge on any atom is -0.375 e. The molecular formula is C9H11ClFNO. The average molecular weight is 204 g/mol. The number of hydrogen-bond donors (Lipinski definition) is 1. The normalized spacial score (nSPS) is 12.9. The summed E-state index contributed by atoms with van der Waals surface area (Å²) in [6.07, 6.45) is -0.405. The molecule has 0 aliphatic heterocycles. The lowest BCUT2D eigenvalue weighted by Crippen LogP contribution is -2.15. The monoisotopic (exact) mass is 203 g/mol. The van der Waals surface area contributed by atoms with Crippen molar-refractivity contribution in [3.8, 4) is 0 Å². The molecule has 0 spiro atoms. The first-order chi connectivity index (χ1) is 6.19. The number of benzene rings is 1. The third kappa shape index (κ3) is 2.40. The molecule has 1 rings (SSSR count). The zero-order valence-corrected chi connectivity index (χ0v) is 8.01. The van der Waals surface area contributed by atoms with Crippen LogP contribution in [0.2, 0.25) is 5.02 Å². The Morgan fingerprint density at radius 2 is 2.31 bits per heavy atom. The van der Waals surface area contributed by atoms with E-state index >= 15 is 0 Å². The van der Waals surface area contributed by atoms with E-state index in [1.807, 2.05) is 0 Å². The highest BCUT2D eigenvalue weighted by Gasteiger charge is 2.13. The third-order valence-corrected chi connectivity index (χ3v) is 2.04. The molecule has 1 aromatic rings. The topological polar surface area (TPSA) is 35.2 Å². The Morgan fingerprint density at radius 1 is 1.62 bits per heavy atom. The van der Waals surface area contributed by atoms with E-state index in [9.17, 15) is 4.39 Å². The number of halogens is 2. The van der Waals surface area contributed by atoms with Gasteiger partial charge in [0.1, 0.15) is 5.82 Å². The predicted octanol–water partition coefficient (Wildman–Crippen LogP) is 2.13. The first-order valence-corrected chi connectivity index (χ1v) is 4.24. The second kappa shape index (κ2) is 4.56. The van der Waals surface area contributed by atoms with Gasteiger partial charge in [0, 0.05) is 24.2 Å². The van der Waals surface area contributed by atoms with Crippen LogP contribution in [-0.4, -0.2) is 13.7 Å². The predicted molar refractivity (Wildman–Crippen MR) is 50.2 cm³/mol. The Bertz CT molecular complexity index is 289. The minimum atomic E-state index is -0.405. The maximum Gasteiger partial charge on any atom is 0.130 e. The number of methoxy groups -OCH3 is 1. The van der Waals surface area contributed by atoms with Crippen LogP contribution >= 0.6 is 11.6 Å². The maximum absolute atomic E-state index is 13.3. The Labute approximate surface area is 81.4 Å². The third-order valence-electron chi connectivity index (χ3n) is 1.81. The summed E-state index contributed by atoms with van der Waals surface area (Å²) in [4.78, 5) is 0. The summed E-state index contributed by atoms with van der Waals surface area (Å²) in [5.41, 5.74) is 5.84. The summed E-state index contributed by atoms with van der Waals surface area (Å²) in [6, 6.07) is 4.44. The van der Waals surface area contributed by atoms with Crippen molar-refractivity contribution in [1.82, 2.24) is 0 Å². The molecule has 0 aromatic heterocycles. The van der Waals surface area contributed by atoms with Crippen molar-refractivity contribution in [2.24, 2.45) is 5.73 Å². The van der Waals surface area contributed by atoms with Gasteiger partial charge in [0.15, 0.2) is 0 Å². The summed E-state index contributed by atoms with van der Waals surface area (Å²) in [7, 11) is 1.49. The second-order valence-electron chi connectivity index (χ2n) is 2.63. The van der Waals surface area contributed by atoms with E-state index in [0.717, 1.165) is 0 Å². The van der Waals surface area contributed by atoms with Crippen molar-refractivity contribution in [1.29, 1.82) is 0 Å². The van der Waals surface area contributed by atoms with Crippen LogP contribution in [0.4, 0.5) is 4.39 Å². The lowest BCUT2D eigenvalue weighted by molar-refractivity contribution is 0.107. The molecule has 0 radical (unpaired) electrons. The van der Waals surface area contributed by atoms with Crippen LogP contribution in [0, 0.1) is 5.82 Å². The second-order valence-corrected chi connectivity index (χ2v) is 3.06. The summed E-state index contributed by atoms with van der Waals surface area (Å²) < 4.78 is 18.3. The van der Waals surface area contributed by atoms with E-state index < -0.39 is 6.10 Å². The van der Waals surface area contributed by atoms with Gasteiger partial charge in [-0.1, -0.05) is 17.7 Å². The lowest BCUT2D eigenvalue weighted by Gasteiger charge is -2.13. The quantitative estimate of drug-likeness (QED) is 0.817. The minimum absolute atomic E-state index is 0.245. The highest BCUT2D eigenvalue weighted by atomic mass is 35.5. The number of nitrogens with two attached hydrogens (primary N) is 1. The van der Waals surface area contributed by atoms with Crippen molar-refractivity contribution >= 4 is 11.6 Å². The van der Waals surface area contributed by atoms with Gasteiger partial charge in [0.05, 0.1) is 6.10 Å². The fourth-order valence-corrected chi connectivity index (χ4v) is 1.27. The Hall–Kier alpha value is -0.640. The van der Waals surface area contributed by atoms with Gasteiger partial charge in [-0.05, 0) is 12.1 Å². The number of hydrogen-bond acceptors (Lipinski definition) is 2. The first-order valence-electron chi connectivity index (χ1n) is 3.87. The van der Waals surface area contributed by atoms with Crippen LogP contribution in [-0.2, 0) is 4.74 Å². The molecule has 13 heavy (non-hydrogen) atoms. The van der Waals surface area contributed by atoms with Crippen LogP contribution in [0.15, 0.2) is 18.2 Å². The molecule has 0 saturated carbocycles. The average Bonchev–Trinajstić information content (AvgIpc) is 2.10. The Morgan fingerprint density at radius 3 is 2.77 bits per heavy atom. The van der Waals surface area contributed by atoms with Gasteiger partial charge < -0.3 is 10.5 Å². The van der Waals surface area contributed by atoms with Crippen molar-refractivity contribution in [2.75, 3.05) is 13.7 Å². The summed E-state index contributed by atoms with van der Waals surface area (Å²) in [6.45, 7) is 0.245. The highest BCUT2D eigenvalue weighted by molar-refractivity contribution is 6.30. The Balaban J connectivity index is 2.99. The molecule has 0 saturated heterocycles. The molecule has 0 bridgehead atoms. The summed E-state index contributed by atoms with van der Waals surface area (Å²) >= 11 is 5.60. The van der Waals surface area contributed by atoms with Crippen molar-refractivity contribution < 1.29 is 9.13 Å². The van der Waals surface area contributed by atoms with Gasteiger partial charge in [0.25, 0.3) is 0 Å². The molecule has 4 heteroatoms. The number of rotatable bonds is 3. The van der Waals surface area contributed by atoms with Crippen LogP contribution < -0.4 is 5.73 Å². The van der Waals surface area contributed by atoms with Crippen LogP contribution in [0.25, 0.3) is 0 Å². The smallest absolute Gasteiger partial charge is 0.130 e. The van der Waals surface area contributed by atoms with Crippen molar-refractivity contribution in [3.05, 3.63) is 34.6 Å². The molecule has 0 amide bonds. The van der Waals surface area contributed by atoms with Crippen LogP contribution in [0.3, 0.4) is 0 Å². The zero-order chi connectivity index (χ0) is 9.84. The molecule has 0 aliphatic rings. The SMILES string of the molecule is COC(CN)c1ccc(Cl)cc1F. The summed E-state index contributed by atoms with van der Waals surface area (Å²) in [5.74, 6) is -0.384. The van der Waals surface area contributed by atoms with Gasteiger partial charge in [-0.3, -0.25) is 0 Å². The molecule has 1 aromatic carbocycles. The van der Waals surface area contributed by atoms with Crippen molar-refractivity contribution in [3.63, 3.8) is 0 Å². The maximum atomic E-state index is 13.3. The van der Waals surface area contributed by atoms with Crippen LogP contribution in [0.1, 0.15) is 11.7 Å². The molecule has 1 atom stereocenters. The molecule has 0 heterocycles. The van der Waals surface area contributed by atoms with E-state index in [1.165, 1.54) is 13.2 Å². The van der Waals surface area contributed by atoms with E-state index in [-0.39, 0.29) is 12.4 Å². The molecule has 0 aliphatic carbocycles. The fraction of sp³-hybridized carbons (Fsp3) is 0.333. The Kier molecular flexibility index (Phi) is 3.66. The van der Waals surface area contributed by atoms with Crippen LogP contribution in [0.5, 0.6) is 0 Å². The van der Waals surface area contributed by atoms with Crippen molar-refractivity contribution in [2.45, 2.75) is 6.10 Å². The van der Waals surface area contributed by atoms with Gasteiger partial charge in [-0.15, -0.1) is 0 Å².